The van der Waals surface area contributed by atoms with E-state index in [1.54, 1.807) is 0 Å². The first-order chi connectivity index (χ1) is 9.70. The molecule has 0 aromatic heterocycles. The molecule has 0 bridgehead atoms. The molecule has 0 aliphatic rings. The molecular formula is C18H22FN. The molecule has 1 N–H and O–H groups in total. The van der Waals surface area contributed by atoms with E-state index >= 15 is 0 Å². The molecule has 0 saturated carbocycles. The molecule has 2 atom stereocenters. The molecule has 0 saturated heterocycles. The first-order valence-electron chi connectivity index (χ1n) is 7.24. The summed E-state index contributed by atoms with van der Waals surface area (Å²) in [4.78, 5) is 0. The van der Waals surface area contributed by atoms with Gasteiger partial charge >= 0.3 is 0 Å². The summed E-state index contributed by atoms with van der Waals surface area (Å²) in [5, 5.41) is 3.60. The van der Waals surface area contributed by atoms with Crippen LogP contribution in [0.1, 0.15) is 37.4 Å². The Kier molecular flexibility index (Phi) is 5.31. The quantitative estimate of drug-likeness (QED) is 0.812. The van der Waals surface area contributed by atoms with Gasteiger partial charge in [-0.05, 0) is 35.7 Å². The lowest BCUT2D eigenvalue weighted by Crippen LogP contribution is -2.27. The highest BCUT2D eigenvalue weighted by Crippen LogP contribution is 2.22. The third-order valence-corrected chi connectivity index (χ3v) is 3.70. The van der Waals surface area contributed by atoms with Gasteiger partial charge in [0.25, 0.3) is 0 Å². The van der Waals surface area contributed by atoms with Crippen LogP contribution in [0, 0.1) is 11.7 Å². The second-order valence-corrected chi connectivity index (χ2v) is 5.32. The van der Waals surface area contributed by atoms with Crippen molar-refractivity contribution in [2.75, 3.05) is 6.54 Å². The van der Waals surface area contributed by atoms with Gasteiger partial charge in [0.05, 0.1) is 6.04 Å². The number of benzene rings is 2. The SMILES string of the molecule is CCC(C)CNC(c1ccccc1)c1ccc(F)cc1. The molecule has 2 rings (SSSR count). The molecule has 106 valence electrons. The summed E-state index contributed by atoms with van der Waals surface area (Å²) in [7, 11) is 0. The Hall–Kier alpha value is -1.67. The third kappa shape index (κ3) is 3.91. The van der Waals surface area contributed by atoms with Crippen LogP contribution in [0.2, 0.25) is 0 Å². The Morgan fingerprint density at radius 1 is 0.950 bits per heavy atom. The van der Waals surface area contributed by atoms with Crippen LogP contribution < -0.4 is 5.32 Å². The van der Waals surface area contributed by atoms with Crippen LogP contribution in [0.5, 0.6) is 0 Å². The van der Waals surface area contributed by atoms with Crippen molar-refractivity contribution < 1.29 is 4.39 Å². The molecule has 2 unspecified atom stereocenters. The molecule has 20 heavy (non-hydrogen) atoms. The van der Waals surface area contributed by atoms with Gasteiger partial charge in [-0.2, -0.15) is 0 Å². The van der Waals surface area contributed by atoms with Crippen LogP contribution in [0.15, 0.2) is 54.6 Å². The summed E-state index contributed by atoms with van der Waals surface area (Å²) in [5.41, 5.74) is 2.31. The fourth-order valence-electron chi connectivity index (χ4n) is 2.19. The number of halogens is 1. The van der Waals surface area contributed by atoms with Gasteiger partial charge in [0.1, 0.15) is 5.82 Å². The standard InChI is InChI=1S/C18H22FN/c1-3-14(2)13-20-18(15-7-5-4-6-8-15)16-9-11-17(19)12-10-16/h4-12,14,18,20H,3,13H2,1-2H3. The van der Waals surface area contributed by atoms with Crippen molar-refractivity contribution in [2.45, 2.75) is 26.3 Å². The van der Waals surface area contributed by atoms with E-state index in [2.05, 4.69) is 31.3 Å². The van der Waals surface area contributed by atoms with E-state index in [0.717, 1.165) is 18.5 Å². The Balaban J connectivity index is 2.22. The van der Waals surface area contributed by atoms with Crippen molar-refractivity contribution in [1.82, 2.24) is 5.32 Å². The average Bonchev–Trinajstić information content (AvgIpc) is 2.50. The van der Waals surface area contributed by atoms with Gasteiger partial charge < -0.3 is 5.32 Å². The molecular weight excluding hydrogens is 249 g/mol. The van der Waals surface area contributed by atoms with Crippen molar-refractivity contribution in [2.24, 2.45) is 5.92 Å². The minimum atomic E-state index is -0.192. The predicted molar refractivity (Wildman–Crippen MR) is 82.1 cm³/mol. The van der Waals surface area contributed by atoms with Gasteiger partial charge in [-0.3, -0.25) is 0 Å². The zero-order valence-electron chi connectivity index (χ0n) is 12.1. The van der Waals surface area contributed by atoms with Crippen molar-refractivity contribution in [3.8, 4) is 0 Å². The molecule has 0 spiro atoms. The molecule has 0 radical (unpaired) electrons. The average molecular weight is 271 g/mol. The highest BCUT2D eigenvalue weighted by atomic mass is 19.1. The van der Waals surface area contributed by atoms with Crippen molar-refractivity contribution in [3.63, 3.8) is 0 Å². The van der Waals surface area contributed by atoms with Gasteiger partial charge in [0, 0.05) is 0 Å². The molecule has 2 aromatic carbocycles. The fraction of sp³-hybridized carbons (Fsp3) is 0.333. The lowest BCUT2D eigenvalue weighted by Gasteiger charge is -2.22. The minimum absolute atomic E-state index is 0.116. The summed E-state index contributed by atoms with van der Waals surface area (Å²) in [5.74, 6) is 0.434. The maximum Gasteiger partial charge on any atom is 0.123 e. The van der Waals surface area contributed by atoms with E-state index in [-0.39, 0.29) is 11.9 Å². The van der Waals surface area contributed by atoms with Crippen molar-refractivity contribution in [1.29, 1.82) is 0 Å². The van der Waals surface area contributed by atoms with Gasteiger partial charge in [-0.25, -0.2) is 4.39 Å². The number of hydrogen-bond donors (Lipinski definition) is 1. The molecule has 0 heterocycles. The van der Waals surface area contributed by atoms with Gasteiger partial charge in [0.15, 0.2) is 0 Å². The Labute approximate surface area is 120 Å². The van der Waals surface area contributed by atoms with Crippen molar-refractivity contribution >= 4 is 0 Å². The predicted octanol–water partition coefficient (Wildman–Crippen LogP) is 4.55. The monoisotopic (exact) mass is 271 g/mol. The van der Waals surface area contributed by atoms with E-state index in [4.69, 9.17) is 0 Å². The maximum absolute atomic E-state index is 13.1. The van der Waals surface area contributed by atoms with Gasteiger partial charge in [0.2, 0.25) is 0 Å². The van der Waals surface area contributed by atoms with Crippen LogP contribution in [0.4, 0.5) is 4.39 Å². The molecule has 0 amide bonds. The van der Waals surface area contributed by atoms with E-state index < -0.39 is 0 Å². The topological polar surface area (TPSA) is 12.0 Å². The Morgan fingerprint density at radius 2 is 1.55 bits per heavy atom. The number of nitrogens with one attached hydrogen (secondary N) is 1. The third-order valence-electron chi connectivity index (χ3n) is 3.70. The zero-order valence-corrected chi connectivity index (χ0v) is 12.1. The lowest BCUT2D eigenvalue weighted by atomic mass is 9.97. The molecule has 2 aromatic rings. The number of hydrogen-bond acceptors (Lipinski definition) is 1. The molecule has 0 aliphatic heterocycles. The van der Waals surface area contributed by atoms with Gasteiger partial charge in [-0.15, -0.1) is 0 Å². The molecule has 0 aliphatic carbocycles. The highest BCUT2D eigenvalue weighted by Gasteiger charge is 2.14. The minimum Gasteiger partial charge on any atom is -0.306 e. The second kappa shape index (κ2) is 7.20. The zero-order chi connectivity index (χ0) is 14.4. The number of rotatable bonds is 6. The second-order valence-electron chi connectivity index (χ2n) is 5.32. The normalized spacial score (nSPS) is 13.9. The molecule has 1 nitrogen and oxygen atoms in total. The summed E-state index contributed by atoms with van der Waals surface area (Å²) < 4.78 is 13.1. The Morgan fingerprint density at radius 3 is 2.15 bits per heavy atom. The van der Waals surface area contributed by atoms with E-state index in [1.165, 1.54) is 17.7 Å². The largest absolute Gasteiger partial charge is 0.306 e. The summed E-state index contributed by atoms with van der Waals surface area (Å²) >= 11 is 0. The smallest absolute Gasteiger partial charge is 0.123 e. The summed E-state index contributed by atoms with van der Waals surface area (Å²) in [6, 6.07) is 17.2. The summed E-state index contributed by atoms with van der Waals surface area (Å²) in [6.07, 6.45) is 1.15. The molecule has 0 fully saturated rings. The van der Waals surface area contributed by atoms with E-state index in [0.29, 0.717) is 5.92 Å². The van der Waals surface area contributed by atoms with Crippen LogP contribution in [0.25, 0.3) is 0 Å². The summed E-state index contributed by atoms with van der Waals surface area (Å²) in [6.45, 7) is 5.38. The Bertz CT molecular complexity index is 507. The van der Waals surface area contributed by atoms with E-state index in [1.807, 2.05) is 30.3 Å². The first-order valence-corrected chi connectivity index (χ1v) is 7.24. The molecule has 2 heteroatoms. The van der Waals surface area contributed by atoms with Crippen LogP contribution >= 0.6 is 0 Å². The van der Waals surface area contributed by atoms with Crippen LogP contribution in [-0.2, 0) is 0 Å². The van der Waals surface area contributed by atoms with Crippen molar-refractivity contribution in [3.05, 3.63) is 71.5 Å². The highest BCUT2D eigenvalue weighted by molar-refractivity contribution is 5.31. The lowest BCUT2D eigenvalue weighted by molar-refractivity contribution is 0.472. The maximum atomic E-state index is 13.1. The van der Waals surface area contributed by atoms with Crippen LogP contribution in [0.3, 0.4) is 0 Å². The van der Waals surface area contributed by atoms with Gasteiger partial charge in [-0.1, -0.05) is 62.7 Å². The van der Waals surface area contributed by atoms with Crippen LogP contribution in [-0.4, -0.2) is 6.54 Å². The fourth-order valence-corrected chi connectivity index (χ4v) is 2.19. The van der Waals surface area contributed by atoms with E-state index in [9.17, 15) is 4.39 Å². The first kappa shape index (κ1) is 14.7.